The molecule has 1 atom stereocenters. The van der Waals surface area contributed by atoms with Crippen LogP contribution in [0.5, 0.6) is 0 Å². The highest BCUT2D eigenvalue weighted by Crippen LogP contribution is 2.18. The van der Waals surface area contributed by atoms with E-state index in [2.05, 4.69) is 35.9 Å². The van der Waals surface area contributed by atoms with Crippen LogP contribution in [0.15, 0.2) is 0 Å². The van der Waals surface area contributed by atoms with Crippen molar-refractivity contribution < 1.29 is 4.74 Å². The maximum Gasteiger partial charge on any atom is 0.0641 e. The SMILES string of the molecule is CCCNCc1c(C)nn(CCCC2CCCO2)c1C. The minimum Gasteiger partial charge on any atom is -0.378 e. The van der Waals surface area contributed by atoms with Gasteiger partial charge in [-0.3, -0.25) is 4.68 Å². The van der Waals surface area contributed by atoms with Crippen LogP contribution in [-0.4, -0.2) is 29.0 Å². The largest absolute Gasteiger partial charge is 0.378 e. The summed E-state index contributed by atoms with van der Waals surface area (Å²) in [6.45, 7) is 10.5. The fourth-order valence-corrected chi connectivity index (χ4v) is 2.94. The first-order chi connectivity index (χ1) is 9.72. The van der Waals surface area contributed by atoms with Crippen LogP contribution in [0.1, 0.15) is 56.0 Å². The lowest BCUT2D eigenvalue weighted by molar-refractivity contribution is 0.101. The van der Waals surface area contributed by atoms with Crippen molar-refractivity contribution in [2.45, 2.75) is 72.1 Å². The molecule has 1 saturated heterocycles. The molecule has 1 fully saturated rings. The van der Waals surface area contributed by atoms with Gasteiger partial charge in [-0.25, -0.2) is 0 Å². The molecule has 1 aliphatic rings. The Balaban J connectivity index is 1.83. The predicted octanol–water partition coefficient (Wildman–Crippen LogP) is 2.96. The number of aromatic nitrogens is 2. The van der Waals surface area contributed by atoms with Crippen LogP contribution in [0.2, 0.25) is 0 Å². The van der Waals surface area contributed by atoms with Gasteiger partial charge < -0.3 is 10.1 Å². The van der Waals surface area contributed by atoms with E-state index in [0.29, 0.717) is 6.10 Å². The molecule has 0 aromatic carbocycles. The fraction of sp³-hybridized carbons (Fsp3) is 0.812. The second-order valence-corrected chi connectivity index (χ2v) is 5.83. The topological polar surface area (TPSA) is 39.1 Å². The fourth-order valence-electron chi connectivity index (χ4n) is 2.94. The zero-order valence-corrected chi connectivity index (χ0v) is 13.2. The van der Waals surface area contributed by atoms with E-state index in [0.717, 1.165) is 32.7 Å². The Labute approximate surface area is 122 Å². The van der Waals surface area contributed by atoms with Crippen LogP contribution < -0.4 is 5.32 Å². The van der Waals surface area contributed by atoms with Crippen molar-refractivity contribution in [1.29, 1.82) is 0 Å². The Morgan fingerprint density at radius 2 is 2.25 bits per heavy atom. The molecule has 1 aliphatic heterocycles. The van der Waals surface area contributed by atoms with Crippen molar-refractivity contribution in [3.05, 3.63) is 17.0 Å². The van der Waals surface area contributed by atoms with Gasteiger partial charge >= 0.3 is 0 Å². The molecular formula is C16H29N3O. The molecule has 0 radical (unpaired) electrons. The highest BCUT2D eigenvalue weighted by atomic mass is 16.5. The molecule has 1 aromatic heterocycles. The van der Waals surface area contributed by atoms with Gasteiger partial charge in [0.15, 0.2) is 0 Å². The summed E-state index contributed by atoms with van der Waals surface area (Å²) in [5.41, 5.74) is 3.86. The van der Waals surface area contributed by atoms with Gasteiger partial charge in [-0.1, -0.05) is 6.92 Å². The number of aryl methyl sites for hydroxylation is 2. The number of ether oxygens (including phenoxy) is 1. The first-order valence-electron chi connectivity index (χ1n) is 8.07. The van der Waals surface area contributed by atoms with Crippen LogP contribution in [0, 0.1) is 13.8 Å². The van der Waals surface area contributed by atoms with Crippen molar-refractivity contribution in [2.24, 2.45) is 0 Å². The van der Waals surface area contributed by atoms with E-state index in [1.807, 2.05) is 0 Å². The molecule has 1 unspecified atom stereocenters. The Morgan fingerprint density at radius 3 is 2.95 bits per heavy atom. The second kappa shape index (κ2) is 7.79. The maximum atomic E-state index is 5.68. The van der Waals surface area contributed by atoms with E-state index in [4.69, 9.17) is 4.74 Å². The van der Waals surface area contributed by atoms with Gasteiger partial charge in [-0.05, 0) is 52.5 Å². The van der Waals surface area contributed by atoms with Crippen LogP contribution in [0.4, 0.5) is 0 Å². The molecule has 2 heterocycles. The van der Waals surface area contributed by atoms with Gasteiger partial charge in [-0.15, -0.1) is 0 Å². The molecule has 1 N–H and O–H groups in total. The summed E-state index contributed by atoms with van der Waals surface area (Å²) in [5.74, 6) is 0. The van der Waals surface area contributed by atoms with Gasteiger partial charge in [0, 0.05) is 31.0 Å². The third-order valence-electron chi connectivity index (χ3n) is 4.18. The molecule has 0 amide bonds. The van der Waals surface area contributed by atoms with E-state index < -0.39 is 0 Å². The summed E-state index contributed by atoms with van der Waals surface area (Å²) in [4.78, 5) is 0. The van der Waals surface area contributed by atoms with Crippen molar-refractivity contribution in [1.82, 2.24) is 15.1 Å². The average molecular weight is 279 g/mol. The minimum absolute atomic E-state index is 0.498. The number of rotatable bonds is 8. The third-order valence-corrected chi connectivity index (χ3v) is 4.18. The molecule has 20 heavy (non-hydrogen) atoms. The van der Waals surface area contributed by atoms with Crippen molar-refractivity contribution >= 4 is 0 Å². The summed E-state index contributed by atoms with van der Waals surface area (Å²) < 4.78 is 7.85. The molecular weight excluding hydrogens is 250 g/mol. The lowest BCUT2D eigenvalue weighted by Gasteiger charge is -2.10. The van der Waals surface area contributed by atoms with E-state index in [-0.39, 0.29) is 0 Å². The maximum absolute atomic E-state index is 5.68. The molecule has 4 heteroatoms. The normalized spacial score (nSPS) is 18.9. The third kappa shape index (κ3) is 4.06. The minimum atomic E-state index is 0.498. The quantitative estimate of drug-likeness (QED) is 0.744. The van der Waals surface area contributed by atoms with Gasteiger partial charge in [0.1, 0.15) is 0 Å². The number of hydrogen-bond donors (Lipinski definition) is 1. The van der Waals surface area contributed by atoms with E-state index >= 15 is 0 Å². The van der Waals surface area contributed by atoms with Crippen molar-refractivity contribution in [3.63, 3.8) is 0 Å². The van der Waals surface area contributed by atoms with Gasteiger partial charge in [0.25, 0.3) is 0 Å². The molecule has 0 bridgehead atoms. The summed E-state index contributed by atoms with van der Waals surface area (Å²) in [7, 11) is 0. The van der Waals surface area contributed by atoms with Gasteiger partial charge in [0.2, 0.25) is 0 Å². The Hall–Kier alpha value is -0.870. The summed E-state index contributed by atoms with van der Waals surface area (Å²) in [5, 5.41) is 8.16. The van der Waals surface area contributed by atoms with Crippen LogP contribution >= 0.6 is 0 Å². The molecule has 4 nitrogen and oxygen atoms in total. The lowest BCUT2D eigenvalue weighted by Crippen LogP contribution is -2.15. The highest BCUT2D eigenvalue weighted by molar-refractivity contribution is 5.24. The monoisotopic (exact) mass is 279 g/mol. The number of hydrogen-bond acceptors (Lipinski definition) is 3. The van der Waals surface area contributed by atoms with Gasteiger partial charge in [0.05, 0.1) is 11.8 Å². The van der Waals surface area contributed by atoms with Crippen LogP contribution in [0.25, 0.3) is 0 Å². The number of nitrogens with one attached hydrogen (secondary N) is 1. The Kier molecular flexibility index (Phi) is 6.05. The zero-order chi connectivity index (χ0) is 14.4. The van der Waals surface area contributed by atoms with E-state index in [9.17, 15) is 0 Å². The zero-order valence-electron chi connectivity index (χ0n) is 13.2. The van der Waals surface area contributed by atoms with Crippen LogP contribution in [0.3, 0.4) is 0 Å². The first kappa shape index (κ1) is 15.5. The molecule has 114 valence electrons. The average Bonchev–Trinajstić information content (AvgIpc) is 3.03. The summed E-state index contributed by atoms with van der Waals surface area (Å²) >= 11 is 0. The molecule has 2 rings (SSSR count). The van der Waals surface area contributed by atoms with Gasteiger partial charge in [-0.2, -0.15) is 5.10 Å². The molecule has 0 spiro atoms. The smallest absolute Gasteiger partial charge is 0.0641 e. The van der Waals surface area contributed by atoms with E-state index in [1.165, 1.54) is 42.6 Å². The van der Waals surface area contributed by atoms with Crippen molar-refractivity contribution in [2.75, 3.05) is 13.2 Å². The van der Waals surface area contributed by atoms with E-state index in [1.54, 1.807) is 0 Å². The lowest BCUT2D eigenvalue weighted by atomic mass is 10.1. The van der Waals surface area contributed by atoms with Crippen molar-refractivity contribution in [3.8, 4) is 0 Å². The highest BCUT2D eigenvalue weighted by Gasteiger charge is 2.16. The Bertz CT molecular complexity index is 408. The molecule has 0 aliphatic carbocycles. The summed E-state index contributed by atoms with van der Waals surface area (Å²) in [6, 6.07) is 0. The predicted molar refractivity (Wildman–Crippen MR) is 81.9 cm³/mol. The molecule has 1 aromatic rings. The number of nitrogens with zero attached hydrogens (tertiary/aromatic N) is 2. The summed E-state index contributed by atoms with van der Waals surface area (Å²) in [6.07, 6.45) is 6.47. The first-order valence-corrected chi connectivity index (χ1v) is 8.07. The van der Waals surface area contributed by atoms with Crippen LogP contribution in [-0.2, 0) is 17.8 Å². The second-order valence-electron chi connectivity index (χ2n) is 5.83. The molecule has 0 saturated carbocycles. The standard InChI is InChI=1S/C16H29N3O/c1-4-9-17-12-16-13(2)18-19(14(16)3)10-5-7-15-8-6-11-20-15/h15,17H,4-12H2,1-3H3. The Morgan fingerprint density at radius 1 is 1.40 bits per heavy atom.